The van der Waals surface area contributed by atoms with Crippen LogP contribution in [0.1, 0.15) is 33.6 Å². The lowest BCUT2D eigenvalue weighted by Gasteiger charge is -2.30. The van der Waals surface area contributed by atoms with Crippen molar-refractivity contribution in [2.24, 2.45) is 11.3 Å². The van der Waals surface area contributed by atoms with Crippen molar-refractivity contribution in [3.8, 4) is 0 Å². The summed E-state index contributed by atoms with van der Waals surface area (Å²) in [6, 6.07) is 0. The number of hydrogen-bond donors (Lipinski definition) is 0. The van der Waals surface area contributed by atoms with E-state index in [4.69, 9.17) is 4.74 Å². The van der Waals surface area contributed by atoms with Crippen LogP contribution in [0.5, 0.6) is 0 Å². The topological polar surface area (TPSA) is 69.4 Å². The highest BCUT2D eigenvalue weighted by molar-refractivity contribution is 5.73. The first kappa shape index (κ1) is 13.7. The van der Waals surface area contributed by atoms with Gasteiger partial charge < -0.3 is 4.74 Å². The third-order valence-electron chi connectivity index (χ3n) is 4.02. The van der Waals surface area contributed by atoms with E-state index < -0.39 is 16.9 Å². The van der Waals surface area contributed by atoms with Gasteiger partial charge in [-0.05, 0) is 20.3 Å². The number of esters is 1. The van der Waals surface area contributed by atoms with Crippen molar-refractivity contribution in [1.82, 2.24) is 0 Å². The largest absolute Gasteiger partial charge is 0.466 e. The Morgan fingerprint density at radius 3 is 2.53 bits per heavy atom. The first-order valence-corrected chi connectivity index (χ1v) is 5.75. The molecule has 0 saturated heterocycles. The van der Waals surface area contributed by atoms with E-state index in [9.17, 15) is 14.9 Å². The van der Waals surface area contributed by atoms with E-state index in [0.29, 0.717) is 13.0 Å². The van der Waals surface area contributed by atoms with Gasteiger partial charge in [0.1, 0.15) is 0 Å². The molecule has 1 fully saturated rings. The van der Waals surface area contributed by atoms with Crippen LogP contribution in [0.4, 0.5) is 0 Å². The van der Waals surface area contributed by atoms with Gasteiger partial charge in [-0.3, -0.25) is 14.9 Å². The van der Waals surface area contributed by atoms with E-state index in [2.05, 4.69) is 6.58 Å². The van der Waals surface area contributed by atoms with Crippen LogP contribution < -0.4 is 0 Å². The second-order valence-corrected chi connectivity index (χ2v) is 5.01. The fraction of sp³-hybridized carbons (Fsp3) is 0.750. The molecule has 1 unspecified atom stereocenters. The minimum Gasteiger partial charge on any atom is -0.466 e. The second kappa shape index (κ2) is 4.47. The van der Waals surface area contributed by atoms with E-state index in [-0.39, 0.29) is 17.3 Å². The molecule has 0 aromatic heterocycles. The fourth-order valence-electron chi connectivity index (χ4n) is 2.53. The molecule has 0 aliphatic heterocycles. The third kappa shape index (κ3) is 2.06. The fourth-order valence-corrected chi connectivity index (χ4v) is 2.53. The minimum atomic E-state index is -1.15. The third-order valence-corrected chi connectivity index (χ3v) is 4.02. The van der Waals surface area contributed by atoms with Crippen molar-refractivity contribution in [2.45, 2.75) is 39.2 Å². The molecule has 96 valence electrons. The predicted octanol–water partition coefficient (Wildman–Crippen LogP) is 2.19. The van der Waals surface area contributed by atoms with Crippen molar-refractivity contribution in [2.75, 3.05) is 6.61 Å². The minimum absolute atomic E-state index is 0.210. The van der Waals surface area contributed by atoms with Crippen molar-refractivity contribution in [3.63, 3.8) is 0 Å². The normalized spacial score (nSPS) is 36.5. The molecule has 0 amide bonds. The van der Waals surface area contributed by atoms with E-state index >= 15 is 0 Å². The number of nitrogens with zero attached hydrogens (tertiary/aromatic N) is 1. The summed E-state index contributed by atoms with van der Waals surface area (Å²) in [6.45, 7) is 9.06. The number of rotatable bonds is 4. The molecule has 0 radical (unpaired) electrons. The highest BCUT2D eigenvalue weighted by Gasteiger charge is 2.61. The molecule has 5 nitrogen and oxygen atoms in total. The molecule has 17 heavy (non-hydrogen) atoms. The molecule has 1 rings (SSSR count). The predicted molar refractivity (Wildman–Crippen MR) is 63.1 cm³/mol. The summed E-state index contributed by atoms with van der Waals surface area (Å²) in [5, 5.41) is 11.2. The molecular weight excluding hydrogens is 222 g/mol. The highest BCUT2D eigenvalue weighted by Crippen LogP contribution is 2.51. The van der Waals surface area contributed by atoms with Gasteiger partial charge in [-0.25, -0.2) is 0 Å². The van der Waals surface area contributed by atoms with Gasteiger partial charge in [0.25, 0.3) is 0 Å². The zero-order chi connectivity index (χ0) is 13.3. The maximum Gasteiger partial charge on any atom is 0.309 e. The summed E-state index contributed by atoms with van der Waals surface area (Å²) in [5.41, 5.74) is -1.82. The number of carbonyl (C=O) groups is 1. The quantitative estimate of drug-likeness (QED) is 0.327. The molecule has 3 atom stereocenters. The van der Waals surface area contributed by atoms with Crippen LogP contribution in [-0.2, 0) is 9.53 Å². The van der Waals surface area contributed by atoms with Crippen LogP contribution in [-0.4, -0.2) is 23.0 Å². The van der Waals surface area contributed by atoms with E-state index in [1.807, 2.05) is 0 Å². The zero-order valence-electron chi connectivity index (χ0n) is 10.6. The van der Waals surface area contributed by atoms with Crippen molar-refractivity contribution in [1.29, 1.82) is 0 Å². The lowest BCUT2D eigenvalue weighted by Crippen LogP contribution is -2.44. The van der Waals surface area contributed by atoms with Crippen LogP contribution in [0, 0.1) is 21.4 Å². The zero-order valence-corrected chi connectivity index (χ0v) is 10.6. The summed E-state index contributed by atoms with van der Waals surface area (Å²) >= 11 is 0. The molecule has 1 aliphatic rings. The average Bonchev–Trinajstić information content (AvgIpc) is 2.54. The van der Waals surface area contributed by atoms with Gasteiger partial charge >= 0.3 is 5.97 Å². The Kier molecular flexibility index (Phi) is 3.59. The van der Waals surface area contributed by atoms with Crippen LogP contribution in [0.25, 0.3) is 0 Å². The van der Waals surface area contributed by atoms with E-state index in [1.54, 1.807) is 26.8 Å². The van der Waals surface area contributed by atoms with E-state index in [1.165, 1.54) is 0 Å². The first-order valence-electron chi connectivity index (χ1n) is 5.75. The SMILES string of the molecule is C=C[C@]1(C)CC(C(=O)OCC)C[C@@]1(C)[N+](=O)[O-]. The summed E-state index contributed by atoms with van der Waals surface area (Å²) in [4.78, 5) is 22.6. The second-order valence-electron chi connectivity index (χ2n) is 5.01. The molecule has 0 N–H and O–H groups in total. The lowest BCUT2D eigenvalue weighted by atomic mass is 9.75. The smallest absolute Gasteiger partial charge is 0.309 e. The van der Waals surface area contributed by atoms with Gasteiger partial charge in [0, 0.05) is 18.3 Å². The number of hydrogen-bond acceptors (Lipinski definition) is 4. The molecule has 0 bridgehead atoms. The van der Waals surface area contributed by atoms with Crippen molar-refractivity contribution >= 4 is 5.97 Å². The first-order chi connectivity index (χ1) is 7.80. The standard InChI is InChI=1S/C12H19NO4/c1-5-11(3)7-9(10(14)17-6-2)8-12(11,4)13(15)16/h5,9H,1,6-8H2,2-4H3/t9?,11-,12-/m1/s1. The summed E-state index contributed by atoms with van der Waals surface area (Å²) in [7, 11) is 0. The average molecular weight is 241 g/mol. The van der Waals surface area contributed by atoms with Gasteiger partial charge in [0.2, 0.25) is 5.54 Å². The Hall–Kier alpha value is -1.39. The Morgan fingerprint density at radius 1 is 1.59 bits per heavy atom. The lowest BCUT2D eigenvalue weighted by molar-refractivity contribution is -0.579. The van der Waals surface area contributed by atoms with Gasteiger partial charge in [-0.1, -0.05) is 6.08 Å². The van der Waals surface area contributed by atoms with Gasteiger partial charge in [-0.15, -0.1) is 6.58 Å². The van der Waals surface area contributed by atoms with Gasteiger partial charge in [-0.2, -0.15) is 0 Å². The Balaban J connectivity index is 2.99. The monoisotopic (exact) mass is 241 g/mol. The molecule has 0 heterocycles. The summed E-state index contributed by atoms with van der Waals surface area (Å²) < 4.78 is 4.94. The van der Waals surface area contributed by atoms with Crippen molar-refractivity contribution < 1.29 is 14.5 Å². The summed E-state index contributed by atoms with van der Waals surface area (Å²) in [6.07, 6.45) is 2.23. The van der Waals surface area contributed by atoms with Crippen LogP contribution in [0.15, 0.2) is 12.7 Å². The molecule has 5 heteroatoms. The molecular formula is C12H19NO4. The van der Waals surface area contributed by atoms with Crippen LogP contribution >= 0.6 is 0 Å². The molecule has 1 saturated carbocycles. The highest BCUT2D eigenvalue weighted by atomic mass is 16.6. The maximum absolute atomic E-state index is 11.7. The van der Waals surface area contributed by atoms with E-state index in [0.717, 1.165) is 0 Å². The van der Waals surface area contributed by atoms with Gasteiger partial charge in [0.15, 0.2) is 0 Å². The Morgan fingerprint density at radius 2 is 2.18 bits per heavy atom. The maximum atomic E-state index is 11.7. The molecule has 0 spiro atoms. The van der Waals surface area contributed by atoms with Gasteiger partial charge in [0.05, 0.1) is 17.9 Å². The number of ether oxygens (including phenoxy) is 1. The Bertz CT molecular complexity index is 354. The summed E-state index contributed by atoms with van der Waals surface area (Å²) in [5.74, 6) is -0.750. The molecule has 0 aromatic carbocycles. The van der Waals surface area contributed by atoms with Crippen LogP contribution in [0.3, 0.4) is 0 Å². The molecule has 1 aliphatic carbocycles. The van der Waals surface area contributed by atoms with Crippen molar-refractivity contribution in [3.05, 3.63) is 22.8 Å². The molecule has 0 aromatic rings. The number of carbonyl (C=O) groups excluding carboxylic acids is 1. The van der Waals surface area contributed by atoms with Crippen LogP contribution in [0.2, 0.25) is 0 Å². The number of nitro groups is 1. The Labute approximate surface area is 101 Å².